The van der Waals surface area contributed by atoms with Gasteiger partial charge in [0.05, 0.1) is 6.67 Å². The highest BCUT2D eigenvalue weighted by Gasteiger charge is 2.21. The highest BCUT2D eigenvalue weighted by Crippen LogP contribution is 2.21. The molecule has 0 bridgehead atoms. The summed E-state index contributed by atoms with van der Waals surface area (Å²) in [6, 6.07) is 0. The second kappa shape index (κ2) is 9.94. The van der Waals surface area contributed by atoms with Crippen LogP contribution in [0.4, 0.5) is 4.39 Å². The molecule has 0 aliphatic rings. The van der Waals surface area contributed by atoms with Crippen LogP contribution in [0.1, 0.15) is 46.0 Å². The van der Waals surface area contributed by atoms with Crippen LogP contribution in [-0.2, 0) is 4.79 Å². The van der Waals surface area contributed by atoms with Crippen molar-refractivity contribution in [3.63, 3.8) is 0 Å². The quantitative estimate of drug-likeness (QED) is 0.600. The monoisotopic (exact) mass is 250 g/mol. The van der Waals surface area contributed by atoms with Crippen LogP contribution in [0, 0.1) is 5.92 Å². The Kier molecular flexibility index (Phi) is 9.78. The zero-order valence-corrected chi connectivity index (χ0v) is 11.1. The van der Waals surface area contributed by atoms with Gasteiger partial charge in [-0.25, -0.2) is 0 Å². The lowest BCUT2D eigenvalue weighted by Crippen LogP contribution is -2.22. The van der Waals surface area contributed by atoms with Gasteiger partial charge in [0.25, 0.3) is 0 Å². The maximum absolute atomic E-state index is 11.8. The fourth-order valence-corrected chi connectivity index (χ4v) is 2.64. The number of carboxylic acids is 1. The molecular weight excluding hydrogens is 227 g/mol. The van der Waals surface area contributed by atoms with Gasteiger partial charge in [-0.1, -0.05) is 33.1 Å². The SMILES string of the molecule is CC(C)C(SCCCCCCCF)C(=O)O. The maximum Gasteiger partial charge on any atom is 0.316 e. The summed E-state index contributed by atoms with van der Waals surface area (Å²) in [7, 11) is 0. The van der Waals surface area contributed by atoms with Gasteiger partial charge in [0.15, 0.2) is 0 Å². The molecule has 0 heterocycles. The number of carbonyl (C=O) groups is 1. The summed E-state index contributed by atoms with van der Waals surface area (Å²) in [5.74, 6) is 0.358. The van der Waals surface area contributed by atoms with Gasteiger partial charge in [-0.15, -0.1) is 11.8 Å². The lowest BCUT2D eigenvalue weighted by atomic mass is 10.1. The van der Waals surface area contributed by atoms with Crippen LogP contribution < -0.4 is 0 Å². The lowest BCUT2D eigenvalue weighted by molar-refractivity contribution is -0.137. The average molecular weight is 250 g/mol. The number of alkyl halides is 1. The number of thioether (sulfide) groups is 1. The van der Waals surface area contributed by atoms with Crippen LogP contribution in [-0.4, -0.2) is 28.8 Å². The number of halogens is 1. The summed E-state index contributed by atoms with van der Waals surface area (Å²) < 4.78 is 11.8. The zero-order chi connectivity index (χ0) is 12.4. The van der Waals surface area contributed by atoms with Crippen molar-refractivity contribution in [3.8, 4) is 0 Å². The molecular formula is C12H23FO2S. The molecule has 1 N–H and O–H groups in total. The highest BCUT2D eigenvalue weighted by atomic mass is 32.2. The van der Waals surface area contributed by atoms with Crippen LogP contribution >= 0.6 is 11.8 Å². The molecule has 1 unspecified atom stereocenters. The van der Waals surface area contributed by atoms with Crippen molar-refractivity contribution in [3.05, 3.63) is 0 Å². The molecule has 0 amide bonds. The van der Waals surface area contributed by atoms with Gasteiger partial charge in [-0.2, -0.15) is 0 Å². The molecule has 0 aromatic carbocycles. The van der Waals surface area contributed by atoms with Gasteiger partial charge in [0.2, 0.25) is 0 Å². The van der Waals surface area contributed by atoms with Crippen molar-refractivity contribution in [1.82, 2.24) is 0 Å². The van der Waals surface area contributed by atoms with E-state index in [1.54, 1.807) is 0 Å². The van der Waals surface area contributed by atoms with Crippen LogP contribution in [0.3, 0.4) is 0 Å². The first-order valence-corrected chi connectivity index (χ1v) is 7.04. The standard InChI is InChI=1S/C12H23FO2S/c1-10(2)11(12(14)15)16-9-7-5-3-4-6-8-13/h10-11H,3-9H2,1-2H3,(H,14,15). The maximum atomic E-state index is 11.8. The Morgan fingerprint density at radius 2 is 1.75 bits per heavy atom. The molecule has 0 aliphatic heterocycles. The Morgan fingerprint density at radius 1 is 1.19 bits per heavy atom. The first-order chi connectivity index (χ1) is 7.59. The smallest absolute Gasteiger partial charge is 0.316 e. The molecule has 1 atom stereocenters. The molecule has 0 aliphatic carbocycles. The highest BCUT2D eigenvalue weighted by molar-refractivity contribution is 8.00. The van der Waals surface area contributed by atoms with Gasteiger partial charge in [0, 0.05) is 0 Å². The number of carboxylic acid groups (broad SMARTS) is 1. The molecule has 2 nitrogen and oxygen atoms in total. The molecule has 0 aromatic heterocycles. The van der Waals surface area contributed by atoms with E-state index in [4.69, 9.17) is 5.11 Å². The molecule has 0 fully saturated rings. The molecule has 16 heavy (non-hydrogen) atoms. The van der Waals surface area contributed by atoms with Gasteiger partial charge in [-0.05, 0) is 24.5 Å². The van der Waals surface area contributed by atoms with E-state index in [0.717, 1.165) is 31.4 Å². The van der Waals surface area contributed by atoms with Crippen molar-refractivity contribution < 1.29 is 14.3 Å². The Bertz CT molecular complexity index is 186. The van der Waals surface area contributed by atoms with Crippen molar-refractivity contribution in [2.75, 3.05) is 12.4 Å². The number of unbranched alkanes of at least 4 members (excludes halogenated alkanes) is 4. The van der Waals surface area contributed by atoms with E-state index in [0.29, 0.717) is 6.42 Å². The third kappa shape index (κ3) is 7.97. The van der Waals surface area contributed by atoms with E-state index in [-0.39, 0.29) is 17.8 Å². The Labute approximate surface area is 102 Å². The van der Waals surface area contributed by atoms with Gasteiger partial charge < -0.3 is 5.11 Å². The third-order valence-electron chi connectivity index (χ3n) is 2.42. The van der Waals surface area contributed by atoms with E-state index < -0.39 is 5.97 Å². The van der Waals surface area contributed by atoms with Crippen molar-refractivity contribution in [2.24, 2.45) is 5.92 Å². The second-order valence-corrected chi connectivity index (χ2v) is 5.58. The van der Waals surface area contributed by atoms with E-state index in [1.807, 2.05) is 13.8 Å². The second-order valence-electron chi connectivity index (χ2n) is 4.33. The molecule has 96 valence electrons. The molecule has 0 spiro atoms. The first-order valence-electron chi connectivity index (χ1n) is 6.00. The minimum Gasteiger partial charge on any atom is -0.480 e. The Balaban J connectivity index is 3.45. The van der Waals surface area contributed by atoms with Crippen molar-refractivity contribution >= 4 is 17.7 Å². The minimum atomic E-state index is -0.711. The number of hydrogen-bond acceptors (Lipinski definition) is 2. The summed E-state index contributed by atoms with van der Waals surface area (Å²) in [5.41, 5.74) is 0. The molecule has 0 saturated carbocycles. The van der Waals surface area contributed by atoms with E-state index in [1.165, 1.54) is 11.8 Å². The van der Waals surface area contributed by atoms with Crippen LogP contribution in [0.15, 0.2) is 0 Å². The van der Waals surface area contributed by atoms with Crippen molar-refractivity contribution in [2.45, 2.75) is 51.2 Å². The minimum absolute atomic E-state index is 0.175. The number of hydrogen-bond donors (Lipinski definition) is 1. The normalized spacial score (nSPS) is 13.0. The van der Waals surface area contributed by atoms with E-state index in [2.05, 4.69) is 0 Å². The van der Waals surface area contributed by atoms with Crippen LogP contribution in [0.25, 0.3) is 0 Å². The molecule has 0 saturated heterocycles. The molecule has 0 rings (SSSR count). The fourth-order valence-electron chi connectivity index (χ4n) is 1.49. The fraction of sp³-hybridized carbons (Fsp3) is 0.917. The zero-order valence-electron chi connectivity index (χ0n) is 10.2. The Hall–Kier alpha value is -0.250. The summed E-state index contributed by atoms with van der Waals surface area (Å²) in [6.45, 7) is 3.66. The average Bonchev–Trinajstić information content (AvgIpc) is 2.21. The number of aliphatic carboxylic acids is 1. The van der Waals surface area contributed by atoms with Gasteiger partial charge in [-0.3, -0.25) is 9.18 Å². The molecule has 4 heteroatoms. The summed E-state index contributed by atoms with van der Waals surface area (Å²) in [5, 5.41) is 8.67. The molecule has 0 radical (unpaired) electrons. The lowest BCUT2D eigenvalue weighted by Gasteiger charge is -2.15. The van der Waals surface area contributed by atoms with E-state index >= 15 is 0 Å². The van der Waals surface area contributed by atoms with Gasteiger partial charge in [0.1, 0.15) is 5.25 Å². The summed E-state index contributed by atoms with van der Waals surface area (Å²) in [6.07, 6.45) is 4.79. The van der Waals surface area contributed by atoms with E-state index in [9.17, 15) is 9.18 Å². The third-order valence-corrected chi connectivity index (χ3v) is 4.05. The summed E-state index contributed by atoms with van der Waals surface area (Å²) >= 11 is 1.53. The predicted octanol–water partition coefficient (Wildman–Crippen LogP) is 3.75. The predicted molar refractivity (Wildman–Crippen MR) is 67.8 cm³/mol. The topological polar surface area (TPSA) is 37.3 Å². The van der Waals surface area contributed by atoms with Gasteiger partial charge >= 0.3 is 5.97 Å². The van der Waals surface area contributed by atoms with Crippen LogP contribution in [0.5, 0.6) is 0 Å². The largest absolute Gasteiger partial charge is 0.480 e. The summed E-state index contributed by atoms with van der Waals surface area (Å²) in [4.78, 5) is 10.9. The first kappa shape index (κ1) is 15.8. The number of rotatable bonds is 10. The Morgan fingerprint density at radius 3 is 2.25 bits per heavy atom. The van der Waals surface area contributed by atoms with Crippen molar-refractivity contribution in [1.29, 1.82) is 0 Å². The van der Waals surface area contributed by atoms with Crippen LogP contribution in [0.2, 0.25) is 0 Å². The molecule has 0 aromatic rings.